The van der Waals surface area contributed by atoms with Crippen LogP contribution in [-0.2, 0) is 6.42 Å². The molecule has 4 N–H and O–H groups in total. The minimum Gasteiger partial charge on any atom is -0.507 e. The first-order chi connectivity index (χ1) is 11.0. The number of β-amino-alcohol motifs (C(OH)–C–C–N with tert-alkyl or cyclic N) is 1. The Hall–Kier alpha value is -2.54. The summed E-state index contributed by atoms with van der Waals surface area (Å²) in [4.78, 5) is 14.0. The Bertz CT molecular complexity index is 708. The van der Waals surface area contributed by atoms with E-state index in [2.05, 4.69) is 10.2 Å². The van der Waals surface area contributed by atoms with Gasteiger partial charge in [-0.3, -0.25) is 9.89 Å². The maximum absolute atomic E-state index is 12.5. The summed E-state index contributed by atoms with van der Waals surface area (Å²) < 4.78 is 0. The molecule has 2 heterocycles. The summed E-state index contributed by atoms with van der Waals surface area (Å²) in [5.74, 6) is -1.15. The SMILES string of the molecule is Cc1cc(C[C@@H]2CN(C(=O)c3c(O)cccc3O)C[C@H]2O)n[nH]1. The molecule has 2 aromatic rings. The van der Waals surface area contributed by atoms with E-state index in [1.807, 2.05) is 13.0 Å². The Kier molecular flexibility index (Phi) is 3.96. The van der Waals surface area contributed by atoms with E-state index < -0.39 is 12.0 Å². The number of aromatic amines is 1. The molecule has 1 saturated heterocycles. The van der Waals surface area contributed by atoms with Gasteiger partial charge in [-0.25, -0.2) is 0 Å². The van der Waals surface area contributed by atoms with Crippen LogP contribution < -0.4 is 0 Å². The van der Waals surface area contributed by atoms with E-state index in [0.717, 1.165) is 11.4 Å². The number of nitrogens with one attached hydrogen (secondary N) is 1. The van der Waals surface area contributed by atoms with Crippen LogP contribution in [0.3, 0.4) is 0 Å². The van der Waals surface area contributed by atoms with Gasteiger partial charge in [0.05, 0.1) is 11.8 Å². The number of hydrogen-bond donors (Lipinski definition) is 4. The number of aliphatic hydroxyl groups is 1. The minimum atomic E-state index is -0.663. The number of phenolic OH excluding ortho intramolecular Hbond substituents is 2. The van der Waals surface area contributed by atoms with Gasteiger partial charge in [-0.2, -0.15) is 5.10 Å². The van der Waals surface area contributed by atoms with E-state index in [4.69, 9.17) is 0 Å². The molecule has 0 saturated carbocycles. The molecule has 1 fully saturated rings. The number of phenols is 2. The Balaban J connectivity index is 1.74. The second-order valence-corrected chi connectivity index (χ2v) is 5.96. The van der Waals surface area contributed by atoms with Crippen molar-refractivity contribution in [2.75, 3.05) is 13.1 Å². The van der Waals surface area contributed by atoms with E-state index in [-0.39, 0.29) is 29.5 Å². The van der Waals surface area contributed by atoms with Gasteiger partial charge in [-0.1, -0.05) is 6.07 Å². The van der Waals surface area contributed by atoms with Crippen LogP contribution in [0.15, 0.2) is 24.3 Å². The molecule has 0 spiro atoms. The topological polar surface area (TPSA) is 110 Å². The van der Waals surface area contributed by atoms with Crippen molar-refractivity contribution in [3.63, 3.8) is 0 Å². The van der Waals surface area contributed by atoms with Crippen LogP contribution in [0.5, 0.6) is 11.5 Å². The molecule has 0 radical (unpaired) electrons. The van der Waals surface area contributed by atoms with Crippen LogP contribution >= 0.6 is 0 Å². The summed E-state index contributed by atoms with van der Waals surface area (Å²) in [6, 6.07) is 6.07. The molecule has 2 atom stereocenters. The van der Waals surface area contributed by atoms with Crippen LogP contribution in [0, 0.1) is 12.8 Å². The summed E-state index contributed by atoms with van der Waals surface area (Å²) in [5.41, 5.74) is 1.65. The predicted molar refractivity (Wildman–Crippen MR) is 82.2 cm³/mol. The maximum atomic E-state index is 12.5. The van der Waals surface area contributed by atoms with Gasteiger partial charge in [0.2, 0.25) is 0 Å². The number of aliphatic hydroxyl groups excluding tert-OH is 1. The summed E-state index contributed by atoms with van der Waals surface area (Å²) in [5, 5.41) is 36.8. The Morgan fingerprint density at radius 3 is 2.65 bits per heavy atom. The lowest BCUT2D eigenvalue weighted by molar-refractivity contribution is 0.0758. The highest BCUT2D eigenvalue weighted by Gasteiger charge is 2.36. The van der Waals surface area contributed by atoms with E-state index in [1.54, 1.807) is 0 Å². The monoisotopic (exact) mass is 317 g/mol. The van der Waals surface area contributed by atoms with Crippen LogP contribution in [-0.4, -0.2) is 55.5 Å². The van der Waals surface area contributed by atoms with Gasteiger partial charge >= 0.3 is 0 Å². The van der Waals surface area contributed by atoms with Crippen molar-refractivity contribution in [3.8, 4) is 11.5 Å². The number of carbonyl (C=O) groups excluding carboxylic acids is 1. The molecule has 1 aromatic carbocycles. The third kappa shape index (κ3) is 3.00. The number of amides is 1. The average Bonchev–Trinajstić information content (AvgIpc) is 3.06. The fraction of sp³-hybridized carbons (Fsp3) is 0.375. The Morgan fingerprint density at radius 1 is 1.35 bits per heavy atom. The lowest BCUT2D eigenvalue weighted by Crippen LogP contribution is -2.29. The number of benzene rings is 1. The van der Waals surface area contributed by atoms with Crippen molar-refractivity contribution < 1.29 is 20.1 Å². The van der Waals surface area contributed by atoms with Gasteiger partial charge in [-0.05, 0) is 31.5 Å². The Labute approximate surface area is 133 Å². The molecule has 1 aliphatic rings. The van der Waals surface area contributed by atoms with Crippen LogP contribution in [0.1, 0.15) is 21.7 Å². The van der Waals surface area contributed by atoms with Crippen molar-refractivity contribution in [3.05, 3.63) is 41.2 Å². The second kappa shape index (κ2) is 5.92. The first kappa shape index (κ1) is 15.4. The molecule has 1 amide bonds. The van der Waals surface area contributed by atoms with E-state index in [0.29, 0.717) is 13.0 Å². The number of aryl methyl sites for hydroxylation is 1. The van der Waals surface area contributed by atoms with Gasteiger partial charge < -0.3 is 20.2 Å². The van der Waals surface area contributed by atoms with Crippen molar-refractivity contribution in [2.45, 2.75) is 19.4 Å². The minimum absolute atomic E-state index is 0.129. The van der Waals surface area contributed by atoms with Gasteiger partial charge in [-0.15, -0.1) is 0 Å². The zero-order chi connectivity index (χ0) is 16.6. The van der Waals surface area contributed by atoms with E-state index in [1.165, 1.54) is 23.1 Å². The maximum Gasteiger partial charge on any atom is 0.261 e. The number of aromatic nitrogens is 2. The van der Waals surface area contributed by atoms with Crippen molar-refractivity contribution in [2.24, 2.45) is 5.92 Å². The molecule has 0 aliphatic carbocycles. The van der Waals surface area contributed by atoms with Crippen molar-refractivity contribution in [1.29, 1.82) is 0 Å². The number of likely N-dealkylation sites (tertiary alicyclic amines) is 1. The molecule has 23 heavy (non-hydrogen) atoms. The number of H-pyrrole nitrogens is 1. The van der Waals surface area contributed by atoms with E-state index >= 15 is 0 Å². The first-order valence-electron chi connectivity index (χ1n) is 7.45. The van der Waals surface area contributed by atoms with E-state index in [9.17, 15) is 20.1 Å². The number of aromatic hydroxyl groups is 2. The third-order valence-corrected chi connectivity index (χ3v) is 4.16. The Morgan fingerprint density at radius 2 is 2.04 bits per heavy atom. The summed E-state index contributed by atoms with van der Waals surface area (Å²) in [6.45, 7) is 2.42. The highest BCUT2D eigenvalue weighted by atomic mass is 16.3. The van der Waals surface area contributed by atoms with Crippen LogP contribution in [0.4, 0.5) is 0 Å². The first-order valence-corrected chi connectivity index (χ1v) is 7.45. The second-order valence-electron chi connectivity index (χ2n) is 5.96. The number of carbonyl (C=O) groups is 1. The molecule has 7 nitrogen and oxygen atoms in total. The van der Waals surface area contributed by atoms with Gasteiger partial charge in [0.15, 0.2) is 0 Å². The highest BCUT2D eigenvalue weighted by Crippen LogP contribution is 2.30. The van der Waals surface area contributed by atoms with Gasteiger partial charge in [0.1, 0.15) is 17.1 Å². The number of hydrogen-bond acceptors (Lipinski definition) is 5. The lowest BCUT2D eigenvalue weighted by Gasteiger charge is -2.17. The molecule has 122 valence electrons. The standard InChI is InChI=1S/C16H19N3O4/c1-9-5-11(18-17-9)6-10-7-19(8-14(10)22)16(23)15-12(20)3-2-4-13(15)21/h2-5,10,14,20-22H,6-8H2,1H3,(H,17,18)/t10-,14-/m1/s1. The fourth-order valence-corrected chi connectivity index (χ4v) is 2.97. The lowest BCUT2D eigenvalue weighted by atomic mass is 10.00. The van der Waals surface area contributed by atoms with Gasteiger partial charge in [0.25, 0.3) is 5.91 Å². The molecule has 1 aliphatic heterocycles. The quantitative estimate of drug-likeness (QED) is 0.669. The molecule has 7 heteroatoms. The molecular formula is C16H19N3O4. The smallest absolute Gasteiger partial charge is 0.261 e. The van der Waals surface area contributed by atoms with Crippen molar-refractivity contribution >= 4 is 5.91 Å². The molecule has 0 unspecified atom stereocenters. The summed E-state index contributed by atoms with van der Waals surface area (Å²) in [7, 11) is 0. The molecular weight excluding hydrogens is 298 g/mol. The summed E-state index contributed by atoms with van der Waals surface area (Å²) in [6.07, 6.45) is -0.105. The zero-order valence-electron chi connectivity index (χ0n) is 12.7. The normalized spacial score (nSPS) is 20.9. The summed E-state index contributed by atoms with van der Waals surface area (Å²) >= 11 is 0. The van der Waals surface area contributed by atoms with Crippen LogP contribution in [0.2, 0.25) is 0 Å². The predicted octanol–water partition coefficient (Wildman–Crippen LogP) is 0.805. The zero-order valence-corrected chi connectivity index (χ0v) is 12.7. The van der Waals surface area contributed by atoms with Gasteiger partial charge in [0, 0.05) is 24.7 Å². The molecule has 0 bridgehead atoms. The van der Waals surface area contributed by atoms with Crippen LogP contribution in [0.25, 0.3) is 0 Å². The molecule has 3 rings (SSSR count). The fourth-order valence-electron chi connectivity index (χ4n) is 2.97. The highest BCUT2D eigenvalue weighted by molar-refractivity contribution is 5.99. The third-order valence-electron chi connectivity index (χ3n) is 4.16. The largest absolute Gasteiger partial charge is 0.507 e. The average molecular weight is 317 g/mol. The molecule has 1 aromatic heterocycles. The number of rotatable bonds is 3. The number of nitrogens with zero attached hydrogens (tertiary/aromatic N) is 2. The van der Waals surface area contributed by atoms with Crippen molar-refractivity contribution in [1.82, 2.24) is 15.1 Å².